The lowest BCUT2D eigenvalue weighted by atomic mass is 10.1. The Morgan fingerprint density at radius 3 is 2.40 bits per heavy atom. The molecule has 1 saturated heterocycles. The smallest absolute Gasteiger partial charge is 0.407 e. The molecular formula is C21H24N6O3. The first-order valence-corrected chi connectivity index (χ1v) is 9.64. The Morgan fingerprint density at radius 2 is 1.87 bits per heavy atom. The predicted octanol–water partition coefficient (Wildman–Crippen LogP) is 1.21. The first kappa shape index (κ1) is 21.2. The van der Waals surface area contributed by atoms with Crippen LogP contribution in [-0.4, -0.2) is 77.7 Å². The lowest BCUT2D eigenvalue weighted by Crippen LogP contribution is -2.57. The molecule has 0 saturated carbocycles. The molecule has 2 aromatic rings. The van der Waals surface area contributed by atoms with Crippen LogP contribution in [0.15, 0.2) is 42.6 Å². The minimum atomic E-state index is -1.15. The summed E-state index contributed by atoms with van der Waals surface area (Å²) in [5, 5.41) is 18.0. The van der Waals surface area contributed by atoms with Gasteiger partial charge in [0, 0.05) is 37.9 Å². The lowest BCUT2D eigenvalue weighted by molar-refractivity contribution is -0.108. The number of carbonyl (C=O) groups is 2. The van der Waals surface area contributed by atoms with Gasteiger partial charge in [-0.3, -0.25) is 9.80 Å². The third-order valence-corrected chi connectivity index (χ3v) is 5.18. The van der Waals surface area contributed by atoms with Crippen LogP contribution in [0.1, 0.15) is 5.56 Å². The Labute approximate surface area is 174 Å². The predicted molar refractivity (Wildman–Crippen MR) is 112 cm³/mol. The molecule has 1 atom stereocenters. The summed E-state index contributed by atoms with van der Waals surface area (Å²) in [6.45, 7) is 2.70. The third kappa shape index (κ3) is 5.11. The molecule has 1 aromatic heterocycles. The van der Waals surface area contributed by atoms with Gasteiger partial charge in [0.1, 0.15) is 12.1 Å². The van der Waals surface area contributed by atoms with Crippen LogP contribution < -0.4 is 10.6 Å². The van der Waals surface area contributed by atoms with Gasteiger partial charge >= 0.3 is 6.09 Å². The topological polar surface area (TPSA) is 127 Å². The van der Waals surface area contributed by atoms with Crippen LogP contribution in [0.25, 0.3) is 11.1 Å². The van der Waals surface area contributed by atoms with Crippen LogP contribution in [0, 0.1) is 11.3 Å². The molecule has 1 aliphatic heterocycles. The van der Waals surface area contributed by atoms with Crippen molar-refractivity contribution in [2.24, 2.45) is 5.73 Å². The fourth-order valence-electron chi connectivity index (χ4n) is 3.43. The second-order valence-electron chi connectivity index (χ2n) is 7.04. The monoisotopic (exact) mass is 408 g/mol. The molecule has 0 bridgehead atoms. The van der Waals surface area contributed by atoms with Gasteiger partial charge in [0.15, 0.2) is 0 Å². The van der Waals surface area contributed by atoms with Gasteiger partial charge in [-0.15, -0.1) is 0 Å². The van der Waals surface area contributed by atoms with Crippen molar-refractivity contribution >= 4 is 18.2 Å². The van der Waals surface area contributed by atoms with E-state index in [1.807, 2.05) is 35.4 Å². The fraction of sp³-hybridized carbons (Fsp3) is 0.333. The van der Waals surface area contributed by atoms with Crippen molar-refractivity contribution in [1.82, 2.24) is 14.8 Å². The van der Waals surface area contributed by atoms with Gasteiger partial charge < -0.3 is 20.5 Å². The van der Waals surface area contributed by atoms with Crippen molar-refractivity contribution < 1.29 is 14.7 Å². The van der Waals surface area contributed by atoms with E-state index in [1.165, 1.54) is 0 Å². The normalized spacial score (nSPS) is 15.3. The number of hydrogen-bond acceptors (Lipinski definition) is 7. The largest absolute Gasteiger partial charge is 0.465 e. The van der Waals surface area contributed by atoms with Crippen LogP contribution in [-0.2, 0) is 4.79 Å². The van der Waals surface area contributed by atoms with E-state index in [0.29, 0.717) is 24.9 Å². The maximum atomic E-state index is 11.2. The highest BCUT2D eigenvalue weighted by Crippen LogP contribution is 2.22. The van der Waals surface area contributed by atoms with Crippen LogP contribution in [0.2, 0.25) is 0 Å². The van der Waals surface area contributed by atoms with E-state index in [9.17, 15) is 9.59 Å². The Bertz CT molecular complexity index is 902. The molecule has 156 valence electrons. The summed E-state index contributed by atoms with van der Waals surface area (Å²) in [4.78, 5) is 31.6. The summed E-state index contributed by atoms with van der Waals surface area (Å²) < 4.78 is 0. The highest BCUT2D eigenvalue weighted by atomic mass is 16.4. The number of anilines is 1. The molecule has 9 heteroatoms. The zero-order valence-corrected chi connectivity index (χ0v) is 16.5. The molecule has 9 nitrogen and oxygen atoms in total. The number of hydrogen-bond donors (Lipinski definition) is 2. The van der Waals surface area contributed by atoms with E-state index in [-0.39, 0.29) is 13.1 Å². The molecule has 30 heavy (non-hydrogen) atoms. The molecule has 1 unspecified atom stereocenters. The molecule has 2 heterocycles. The maximum absolute atomic E-state index is 11.2. The highest BCUT2D eigenvalue weighted by Gasteiger charge is 2.25. The number of rotatable bonds is 7. The molecule has 3 N–H and O–H groups in total. The van der Waals surface area contributed by atoms with Gasteiger partial charge in [-0.05, 0) is 29.8 Å². The van der Waals surface area contributed by atoms with Gasteiger partial charge in [0.25, 0.3) is 0 Å². The summed E-state index contributed by atoms with van der Waals surface area (Å²) in [5.41, 5.74) is 8.76. The Kier molecular flexibility index (Phi) is 6.95. The Morgan fingerprint density at radius 1 is 1.20 bits per heavy atom. The van der Waals surface area contributed by atoms with Crippen molar-refractivity contribution in [2.45, 2.75) is 6.17 Å². The van der Waals surface area contributed by atoms with Crippen molar-refractivity contribution in [2.75, 3.05) is 44.2 Å². The van der Waals surface area contributed by atoms with Crippen molar-refractivity contribution in [3.63, 3.8) is 0 Å². The molecular weight excluding hydrogens is 384 g/mol. The average molecular weight is 408 g/mol. The minimum Gasteiger partial charge on any atom is -0.465 e. The molecule has 1 aliphatic rings. The maximum Gasteiger partial charge on any atom is 0.407 e. The SMILES string of the molecule is N#Cc1ccc(-c2ccc(N3CCN(C(N)CN(CC=O)C(=O)O)CC3)nc2)cc1. The van der Waals surface area contributed by atoms with Gasteiger partial charge in [0.2, 0.25) is 0 Å². The minimum absolute atomic E-state index is 0.0889. The molecule has 1 amide bonds. The number of carbonyl (C=O) groups excluding carboxylic acids is 1. The number of aldehydes is 1. The Hall–Kier alpha value is -3.48. The number of nitrogens with two attached hydrogens (primary N) is 1. The lowest BCUT2D eigenvalue weighted by Gasteiger charge is -2.39. The van der Waals surface area contributed by atoms with E-state index >= 15 is 0 Å². The number of carboxylic acid groups (broad SMARTS) is 1. The Balaban J connectivity index is 1.56. The number of benzene rings is 1. The second kappa shape index (κ2) is 9.82. The van der Waals surface area contributed by atoms with Crippen LogP contribution in [0.5, 0.6) is 0 Å². The van der Waals surface area contributed by atoms with Gasteiger partial charge in [-0.1, -0.05) is 12.1 Å². The molecule has 1 aromatic carbocycles. The van der Waals surface area contributed by atoms with Crippen LogP contribution in [0.3, 0.4) is 0 Å². The first-order valence-electron chi connectivity index (χ1n) is 9.64. The number of amides is 1. The first-order chi connectivity index (χ1) is 14.5. The van der Waals surface area contributed by atoms with Gasteiger partial charge in [-0.2, -0.15) is 5.26 Å². The summed E-state index contributed by atoms with van der Waals surface area (Å²) in [6, 6.07) is 13.5. The van der Waals surface area contributed by atoms with Crippen molar-refractivity contribution in [3.8, 4) is 17.2 Å². The van der Waals surface area contributed by atoms with E-state index in [2.05, 4.69) is 16.0 Å². The van der Waals surface area contributed by atoms with E-state index in [4.69, 9.17) is 16.1 Å². The third-order valence-electron chi connectivity index (χ3n) is 5.18. The zero-order valence-electron chi connectivity index (χ0n) is 16.5. The number of nitriles is 1. The van der Waals surface area contributed by atoms with Crippen molar-refractivity contribution in [3.05, 3.63) is 48.2 Å². The standard InChI is InChI=1S/C21H24N6O3/c22-13-16-1-3-17(4-2-16)18-5-6-20(24-14-18)26-9-7-25(8-10-26)19(23)15-27(11-12-28)21(29)30/h1-6,12,14,19H,7-11,15,23H2,(H,29,30). The highest BCUT2D eigenvalue weighted by molar-refractivity contribution is 5.69. The second-order valence-corrected chi connectivity index (χ2v) is 7.04. The molecule has 0 spiro atoms. The van der Waals surface area contributed by atoms with Crippen LogP contribution in [0.4, 0.5) is 10.6 Å². The molecule has 0 radical (unpaired) electrons. The molecule has 1 fully saturated rings. The van der Waals surface area contributed by atoms with E-state index < -0.39 is 12.3 Å². The summed E-state index contributed by atoms with van der Waals surface area (Å²) in [6.07, 6.45) is 0.767. The number of aromatic nitrogens is 1. The number of nitrogens with zero attached hydrogens (tertiary/aromatic N) is 5. The number of piperazine rings is 1. The van der Waals surface area contributed by atoms with Crippen molar-refractivity contribution in [1.29, 1.82) is 5.26 Å². The van der Waals surface area contributed by atoms with Gasteiger partial charge in [0.05, 0.1) is 30.9 Å². The molecule has 3 rings (SSSR count). The zero-order chi connectivity index (χ0) is 21.5. The van der Waals surface area contributed by atoms with Crippen LogP contribution >= 0.6 is 0 Å². The van der Waals surface area contributed by atoms with E-state index in [1.54, 1.807) is 12.1 Å². The summed E-state index contributed by atoms with van der Waals surface area (Å²) >= 11 is 0. The van der Waals surface area contributed by atoms with E-state index in [0.717, 1.165) is 34.9 Å². The number of pyridine rings is 1. The average Bonchev–Trinajstić information content (AvgIpc) is 2.79. The summed E-state index contributed by atoms with van der Waals surface area (Å²) in [5.74, 6) is 0.869. The van der Waals surface area contributed by atoms with Gasteiger partial charge in [-0.25, -0.2) is 9.78 Å². The molecule has 0 aliphatic carbocycles. The fourth-order valence-corrected chi connectivity index (χ4v) is 3.43. The summed E-state index contributed by atoms with van der Waals surface area (Å²) in [7, 11) is 0. The quantitative estimate of drug-likeness (QED) is 0.655.